The number of halogens is 1. The van der Waals surface area contributed by atoms with E-state index in [0.29, 0.717) is 0 Å². The highest BCUT2D eigenvalue weighted by atomic mass is 127. The zero-order chi connectivity index (χ0) is 13.4. The minimum Gasteiger partial charge on any atom is -0.508 e. The number of rotatable bonds is 2. The molecule has 0 saturated carbocycles. The van der Waals surface area contributed by atoms with Crippen molar-refractivity contribution < 1.29 is 10.2 Å². The molecule has 3 nitrogen and oxygen atoms in total. The van der Waals surface area contributed by atoms with Crippen molar-refractivity contribution >= 4 is 44.1 Å². The van der Waals surface area contributed by atoms with Crippen molar-refractivity contribution in [3.63, 3.8) is 0 Å². The summed E-state index contributed by atoms with van der Waals surface area (Å²) in [6.45, 7) is 0.0423. The average molecular weight is 383 g/mol. The van der Waals surface area contributed by atoms with Gasteiger partial charge in [0.25, 0.3) is 0 Å². The zero-order valence-electron chi connectivity index (χ0n) is 9.80. The van der Waals surface area contributed by atoms with Crippen LogP contribution < -0.4 is 0 Å². The Hall–Kier alpha value is -1.18. The van der Waals surface area contributed by atoms with Gasteiger partial charge >= 0.3 is 0 Å². The third kappa shape index (κ3) is 2.33. The summed E-state index contributed by atoms with van der Waals surface area (Å²) in [4.78, 5) is 4.60. The molecule has 0 spiro atoms. The molecule has 0 unspecified atom stereocenters. The number of phenols is 1. The maximum atomic E-state index is 9.31. The molecule has 0 aliphatic heterocycles. The molecule has 2 N–H and O–H groups in total. The van der Waals surface area contributed by atoms with Gasteiger partial charge in [-0.05, 0) is 58.5 Å². The van der Waals surface area contributed by atoms with E-state index >= 15 is 0 Å². The van der Waals surface area contributed by atoms with Crippen LogP contribution in [0.5, 0.6) is 5.75 Å². The predicted octanol–water partition coefficient (Wildman–Crippen LogP) is 3.77. The van der Waals surface area contributed by atoms with E-state index in [1.54, 1.807) is 23.5 Å². The molecule has 0 atom stereocenters. The van der Waals surface area contributed by atoms with Crippen molar-refractivity contribution in [3.05, 3.63) is 45.5 Å². The molecule has 0 radical (unpaired) electrons. The highest BCUT2D eigenvalue weighted by molar-refractivity contribution is 14.1. The van der Waals surface area contributed by atoms with Crippen LogP contribution in [-0.4, -0.2) is 15.2 Å². The molecule has 0 amide bonds. The molecule has 0 aliphatic rings. The Balaban J connectivity index is 2.16. The quantitative estimate of drug-likeness (QED) is 0.663. The lowest BCUT2D eigenvalue weighted by molar-refractivity contribution is 0.281. The number of hydrogen-bond acceptors (Lipinski definition) is 4. The maximum Gasteiger partial charge on any atom is 0.124 e. The number of thiazole rings is 1. The summed E-state index contributed by atoms with van der Waals surface area (Å²) in [7, 11) is 0. The molecule has 5 heteroatoms. The number of aromatic hydroxyl groups is 1. The van der Waals surface area contributed by atoms with E-state index in [9.17, 15) is 10.2 Å². The van der Waals surface area contributed by atoms with Crippen molar-refractivity contribution in [1.29, 1.82) is 0 Å². The fourth-order valence-corrected chi connectivity index (χ4v) is 3.84. The molecule has 19 heavy (non-hydrogen) atoms. The van der Waals surface area contributed by atoms with Crippen LogP contribution in [0.4, 0.5) is 0 Å². The first kappa shape index (κ1) is 12.8. The minimum absolute atomic E-state index is 0.0423. The Morgan fingerprint density at radius 3 is 2.53 bits per heavy atom. The van der Waals surface area contributed by atoms with E-state index in [2.05, 4.69) is 27.6 Å². The Kier molecular flexibility index (Phi) is 3.42. The lowest BCUT2D eigenvalue weighted by Crippen LogP contribution is -1.87. The third-order valence-electron chi connectivity index (χ3n) is 2.86. The largest absolute Gasteiger partial charge is 0.508 e. The van der Waals surface area contributed by atoms with Gasteiger partial charge in [0.15, 0.2) is 0 Å². The van der Waals surface area contributed by atoms with Gasteiger partial charge in [-0.1, -0.05) is 6.07 Å². The summed E-state index contributed by atoms with van der Waals surface area (Å²) in [5.74, 6) is 0.252. The van der Waals surface area contributed by atoms with Crippen LogP contribution in [0.3, 0.4) is 0 Å². The molecule has 0 bridgehead atoms. The predicted molar refractivity (Wildman–Crippen MR) is 85.4 cm³/mol. The summed E-state index contributed by atoms with van der Waals surface area (Å²) in [6, 6.07) is 10.9. The second kappa shape index (κ2) is 5.07. The van der Waals surface area contributed by atoms with Gasteiger partial charge in [0.2, 0.25) is 0 Å². The fourth-order valence-electron chi connectivity index (χ4n) is 1.85. The highest BCUT2D eigenvalue weighted by Gasteiger charge is 2.11. The molecule has 3 rings (SSSR count). The highest BCUT2D eigenvalue weighted by Crippen LogP contribution is 2.34. The van der Waals surface area contributed by atoms with Crippen LogP contribution >= 0.6 is 33.9 Å². The Bertz CT molecular complexity index is 737. The maximum absolute atomic E-state index is 9.31. The number of fused-ring (bicyclic) bond motifs is 1. The van der Waals surface area contributed by atoms with Crippen LogP contribution in [-0.2, 0) is 6.61 Å². The number of aromatic nitrogens is 1. The summed E-state index contributed by atoms with van der Waals surface area (Å²) in [5, 5.41) is 19.5. The molecule has 0 aliphatic carbocycles. The minimum atomic E-state index is 0.0423. The first-order chi connectivity index (χ1) is 9.19. The number of aliphatic hydroxyl groups is 1. The molecule has 1 heterocycles. The van der Waals surface area contributed by atoms with Crippen molar-refractivity contribution in [2.45, 2.75) is 6.61 Å². The summed E-state index contributed by atoms with van der Waals surface area (Å²) < 4.78 is 2.15. The first-order valence-corrected chi connectivity index (χ1v) is 7.57. The Labute approximate surface area is 127 Å². The van der Waals surface area contributed by atoms with E-state index < -0.39 is 0 Å². The van der Waals surface area contributed by atoms with Gasteiger partial charge in [0.05, 0.1) is 16.8 Å². The number of hydrogen-bond donors (Lipinski definition) is 2. The summed E-state index contributed by atoms with van der Waals surface area (Å²) >= 11 is 3.85. The standard InChI is InChI=1S/C14H10INO2S/c15-12-9(7-17)3-6-11-13(12)19-14(16-11)8-1-4-10(18)5-2-8/h1-6,17-18H,7H2. The summed E-state index contributed by atoms with van der Waals surface area (Å²) in [6.07, 6.45) is 0. The number of nitrogens with zero attached hydrogens (tertiary/aromatic N) is 1. The Morgan fingerprint density at radius 1 is 1.11 bits per heavy atom. The molecule has 3 aromatic rings. The van der Waals surface area contributed by atoms with E-state index in [1.165, 1.54) is 0 Å². The van der Waals surface area contributed by atoms with Crippen LogP contribution in [0.25, 0.3) is 20.8 Å². The zero-order valence-corrected chi connectivity index (χ0v) is 12.8. The van der Waals surface area contributed by atoms with E-state index in [4.69, 9.17) is 0 Å². The van der Waals surface area contributed by atoms with E-state index in [0.717, 1.165) is 29.9 Å². The van der Waals surface area contributed by atoms with Gasteiger partial charge in [-0.2, -0.15) is 0 Å². The normalized spacial score (nSPS) is 11.1. The van der Waals surface area contributed by atoms with Crippen molar-refractivity contribution in [2.75, 3.05) is 0 Å². The lowest BCUT2D eigenvalue weighted by atomic mass is 10.2. The topological polar surface area (TPSA) is 53.4 Å². The van der Waals surface area contributed by atoms with Crippen LogP contribution in [0.15, 0.2) is 36.4 Å². The van der Waals surface area contributed by atoms with Crippen molar-refractivity contribution in [2.24, 2.45) is 0 Å². The lowest BCUT2D eigenvalue weighted by Gasteiger charge is -1.99. The second-order valence-corrected chi connectivity index (χ2v) is 6.19. The molecule has 0 saturated heterocycles. The number of aliphatic hydroxyl groups excluding tert-OH is 1. The van der Waals surface area contributed by atoms with Gasteiger partial charge < -0.3 is 10.2 Å². The van der Waals surface area contributed by atoms with E-state index in [-0.39, 0.29) is 12.4 Å². The monoisotopic (exact) mass is 383 g/mol. The van der Waals surface area contributed by atoms with Crippen molar-refractivity contribution in [3.8, 4) is 16.3 Å². The van der Waals surface area contributed by atoms with Gasteiger partial charge in [-0.25, -0.2) is 4.98 Å². The van der Waals surface area contributed by atoms with E-state index in [1.807, 2.05) is 24.3 Å². The smallest absolute Gasteiger partial charge is 0.124 e. The first-order valence-electron chi connectivity index (χ1n) is 5.67. The van der Waals surface area contributed by atoms with Gasteiger partial charge in [0.1, 0.15) is 10.8 Å². The molecule has 1 aromatic heterocycles. The molecule has 0 fully saturated rings. The van der Waals surface area contributed by atoms with Crippen LogP contribution in [0, 0.1) is 3.57 Å². The fraction of sp³-hybridized carbons (Fsp3) is 0.0714. The third-order valence-corrected chi connectivity index (χ3v) is 5.60. The van der Waals surface area contributed by atoms with Gasteiger partial charge in [0, 0.05) is 9.13 Å². The molecule has 96 valence electrons. The molecule has 2 aromatic carbocycles. The Morgan fingerprint density at radius 2 is 1.84 bits per heavy atom. The van der Waals surface area contributed by atoms with Crippen LogP contribution in [0.2, 0.25) is 0 Å². The number of benzene rings is 2. The molecular weight excluding hydrogens is 373 g/mol. The second-order valence-electron chi connectivity index (χ2n) is 4.11. The summed E-state index contributed by atoms with van der Waals surface area (Å²) in [5.41, 5.74) is 2.85. The molecular formula is C14H10INO2S. The van der Waals surface area contributed by atoms with Crippen LogP contribution in [0.1, 0.15) is 5.56 Å². The van der Waals surface area contributed by atoms with Gasteiger partial charge in [-0.3, -0.25) is 0 Å². The van der Waals surface area contributed by atoms with Gasteiger partial charge in [-0.15, -0.1) is 11.3 Å². The SMILES string of the molecule is OCc1ccc2nc(-c3ccc(O)cc3)sc2c1I. The number of phenolic OH excluding ortho intramolecular Hbond substituents is 1. The average Bonchev–Trinajstić information content (AvgIpc) is 2.85. The van der Waals surface area contributed by atoms with Crippen molar-refractivity contribution in [1.82, 2.24) is 4.98 Å².